The summed E-state index contributed by atoms with van der Waals surface area (Å²) in [5, 5.41) is 2.30. The maximum absolute atomic E-state index is 5.55. The van der Waals surface area contributed by atoms with Crippen LogP contribution in [-0.2, 0) is 0 Å². The van der Waals surface area contributed by atoms with E-state index in [4.69, 9.17) is 4.99 Å². The van der Waals surface area contributed by atoms with Crippen LogP contribution >= 0.6 is 0 Å². The van der Waals surface area contributed by atoms with E-state index >= 15 is 0 Å². The predicted molar refractivity (Wildman–Crippen MR) is 292 cm³/mol. The number of nitrogens with zero attached hydrogens (tertiary/aromatic N) is 5. The second-order valence-corrected chi connectivity index (χ2v) is 17.1. The van der Waals surface area contributed by atoms with Crippen LogP contribution in [0, 0.1) is 0 Å². The zero-order valence-corrected chi connectivity index (χ0v) is 41.1. The molecule has 0 heterocycles. The van der Waals surface area contributed by atoms with Gasteiger partial charge in [0.2, 0.25) is 0 Å². The van der Waals surface area contributed by atoms with Crippen molar-refractivity contribution < 1.29 is 4.58 Å². The molecule has 0 bridgehead atoms. The number of hydrogen-bond acceptors (Lipinski definition) is 4. The van der Waals surface area contributed by atoms with Crippen LogP contribution in [0.1, 0.15) is 88.8 Å². The van der Waals surface area contributed by atoms with Crippen molar-refractivity contribution in [2.24, 2.45) is 4.99 Å². The molecule has 6 aromatic rings. The average molecular weight is 883 g/mol. The highest BCUT2D eigenvalue weighted by Gasteiger charge is 2.23. The van der Waals surface area contributed by atoms with Crippen LogP contribution in [0.4, 0.5) is 22.7 Å². The van der Waals surface area contributed by atoms with Crippen molar-refractivity contribution in [2.45, 2.75) is 55.4 Å². The van der Waals surface area contributed by atoms with Gasteiger partial charge in [-0.05, 0) is 172 Å². The fraction of sp³-hybridized carbons (Fsp3) is 0.258. The summed E-state index contributed by atoms with van der Waals surface area (Å²) in [6.07, 6.45) is 13.7. The van der Waals surface area contributed by atoms with Gasteiger partial charge in [0.05, 0.1) is 11.4 Å². The summed E-state index contributed by atoms with van der Waals surface area (Å²) in [5.41, 5.74) is 18.8. The molecule has 2 aliphatic rings. The van der Waals surface area contributed by atoms with Gasteiger partial charge in [-0.25, -0.2) is 9.57 Å². The molecule has 5 heteroatoms. The Balaban J connectivity index is 1.26. The zero-order chi connectivity index (χ0) is 46.9. The highest BCUT2D eigenvalue weighted by molar-refractivity contribution is 6.20. The standard InChI is InChI=1S/C62H68N5/c1-9-64(10-2)49-33-25-45(26-34-49)61(46-27-35-50(36-28-46)65(11-3)12-4)57-41-43-59(55-23-19-17-21-53(55)57)63-60-44-42-58(54-22-18-20-24-56(54)60)62(47-29-37-51(38-30-47)66(13-5)14-6)48-31-39-52(40-32-48)67(15-7)16-8/h17-44H,9-16H2,1-8H3/q+1. The summed E-state index contributed by atoms with van der Waals surface area (Å²) in [4.78, 5) is 12.8. The van der Waals surface area contributed by atoms with Gasteiger partial charge >= 0.3 is 0 Å². The Labute approximate surface area is 400 Å². The van der Waals surface area contributed by atoms with Crippen molar-refractivity contribution in [3.05, 3.63) is 209 Å². The van der Waals surface area contributed by atoms with Crippen molar-refractivity contribution in [1.29, 1.82) is 0 Å². The Bertz CT molecular complexity index is 2830. The van der Waals surface area contributed by atoms with Crippen LogP contribution in [0.2, 0.25) is 0 Å². The van der Waals surface area contributed by atoms with Gasteiger partial charge in [0.25, 0.3) is 0 Å². The Morgan fingerprint density at radius 1 is 0.418 bits per heavy atom. The molecule has 0 amide bonds. The van der Waals surface area contributed by atoms with E-state index in [-0.39, 0.29) is 0 Å². The first-order valence-corrected chi connectivity index (χ1v) is 24.8. The molecule has 2 aliphatic carbocycles. The molecular weight excluding hydrogens is 815 g/mol. The Morgan fingerprint density at radius 3 is 1.34 bits per heavy atom. The van der Waals surface area contributed by atoms with Crippen molar-refractivity contribution in [1.82, 2.24) is 0 Å². The lowest BCUT2D eigenvalue weighted by atomic mass is 9.83. The van der Waals surface area contributed by atoms with Crippen LogP contribution in [0.15, 0.2) is 180 Å². The Hall–Kier alpha value is -6.98. The Kier molecular flexibility index (Phi) is 15.0. The third kappa shape index (κ3) is 9.65. The topological polar surface area (TPSA) is 25.1 Å². The fourth-order valence-corrected chi connectivity index (χ4v) is 9.99. The van der Waals surface area contributed by atoms with Gasteiger partial charge in [0, 0.05) is 79.4 Å². The summed E-state index contributed by atoms with van der Waals surface area (Å²) >= 11 is 0. The van der Waals surface area contributed by atoms with Crippen LogP contribution in [0.3, 0.4) is 0 Å². The molecule has 340 valence electrons. The number of hydrogen-bond donors (Lipinski definition) is 0. The second kappa shape index (κ2) is 21.5. The number of aliphatic imine (C=N–C) groups is 1. The minimum atomic E-state index is 0.952. The molecule has 8 rings (SSSR count). The van der Waals surface area contributed by atoms with Crippen molar-refractivity contribution in [3.63, 3.8) is 0 Å². The predicted octanol–water partition coefficient (Wildman–Crippen LogP) is 14.4. The largest absolute Gasteiger partial charge is 0.372 e. The molecule has 0 saturated carbocycles. The van der Waals surface area contributed by atoms with E-state index in [1.54, 1.807) is 0 Å². The number of allylic oxidation sites excluding steroid dienone is 8. The monoisotopic (exact) mass is 883 g/mol. The summed E-state index contributed by atoms with van der Waals surface area (Å²) in [7, 11) is 0. The fourth-order valence-electron chi connectivity index (χ4n) is 9.99. The lowest BCUT2D eigenvalue weighted by molar-refractivity contribution is -0.519. The Morgan fingerprint density at radius 2 is 0.866 bits per heavy atom. The zero-order valence-electron chi connectivity index (χ0n) is 41.1. The van der Waals surface area contributed by atoms with Gasteiger partial charge < -0.3 is 14.7 Å². The van der Waals surface area contributed by atoms with Gasteiger partial charge in [-0.2, -0.15) is 0 Å². The molecule has 0 saturated heterocycles. The van der Waals surface area contributed by atoms with Gasteiger partial charge in [0.1, 0.15) is 13.1 Å². The first-order chi connectivity index (χ1) is 32.9. The van der Waals surface area contributed by atoms with E-state index < -0.39 is 0 Å². The maximum atomic E-state index is 5.55. The van der Waals surface area contributed by atoms with E-state index in [0.717, 1.165) is 74.7 Å². The molecule has 0 aliphatic heterocycles. The molecule has 0 aromatic heterocycles. The van der Waals surface area contributed by atoms with Gasteiger partial charge in [-0.3, -0.25) is 0 Å². The van der Waals surface area contributed by atoms with Crippen LogP contribution in [0.25, 0.3) is 27.5 Å². The molecular formula is C62H68N5+. The minimum absolute atomic E-state index is 0.952. The summed E-state index contributed by atoms with van der Waals surface area (Å²) < 4.78 is 2.40. The van der Waals surface area contributed by atoms with Gasteiger partial charge in [0.15, 0.2) is 5.71 Å². The maximum Gasteiger partial charge on any atom is 0.199 e. The molecule has 6 aromatic carbocycles. The summed E-state index contributed by atoms with van der Waals surface area (Å²) in [6.45, 7) is 25.6. The lowest BCUT2D eigenvalue weighted by Crippen LogP contribution is -2.21. The number of benzene rings is 6. The smallest absolute Gasteiger partial charge is 0.199 e. The van der Waals surface area contributed by atoms with Crippen molar-refractivity contribution in [2.75, 3.05) is 67.1 Å². The SMILES string of the molecule is CCN(CC)c1ccc(C(=C2C=CC(=Nc3ccc(C(=C4C=CC(=[N+](CC)CC)C=C4)c4ccc(N(CC)CC)cc4)c4ccccc34)c3ccccc32)c2ccc(N(CC)CC)cc2)cc1. The third-order valence-electron chi connectivity index (χ3n) is 13.7. The number of fused-ring (bicyclic) bond motifs is 2. The highest BCUT2D eigenvalue weighted by atomic mass is 15.1. The molecule has 0 radical (unpaired) electrons. The van der Waals surface area contributed by atoms with E-state index in [9.17, 15) is 0 Å². The molecule has 0 unspecified atom stereocenters. The van der Waals surface area contributed by atoms with E-state index in [0.29, 0.717) is 0 Å². The first kappa shape index (κ1) is 46.5. The summed E-state index contributed by atoms with van der Waals surface area (Å²) in [6, 6.07) is 49.5. The van der Waals surface area contributed by atoms with Gasteiger partial charge in [-0.15, -0.1) is 0 Å². The minimum Gasteiger partial charge on any atom is -0.372 e. The van der Waals surface area contributed by atoms with E-state index in [1.165, 1.54) is 78.3 Å². The highest BCUT2D eigenvalue weighted by Crippen LogP contribution is 2.41. The average Bonchev–Trinajstić information content (AvgIpc) is 3.38. The number of anilines is 3. The molecule has 0 atom stereocenters. The molecule has 0 N–H and O–H groups in total. The molecule has 5 nitrogen and oxygen atoms in total. The van der Waals surface area contributed by atoms with Crippen LogP contribution in [0.5, 0.6) is 0 Å². The number of rotatable bonds is 16. The van der Waals surface area contributed by atoms with Crippen LogP contribution in [-0.4, -0.2) is 68.4 Å². The van der Waals surface area contributed by atoms with E-state index in [2.05, 4.69) is 245 Å². The van der Waals surface area contributed by atoms with Crippen LogP contribution < -0.4 is 14.7 Å². The lowest BCUT2D eigenvalue weighted by Gasteiger charge is -2.24. The molecule has 0 fully saturated rings. The third-order valence-corrected chi connectivity index (χ3v) is 13.7. The first-order valence-electron chi connectivity index (χ1n) is 24.8. The quantitative estimate of drug-likeness (QED) is 0.0906. The van der Waals surface area contributed by atoms with Crippen molar-refractivity contribution >= 4 is 61.7 Å². The van der Waals surface area contributed by atoms with E-state index in [1.807, 2.05) is 0 Å². The van der Waals surface area contributed by atoms with Crippen molar-refractivity contribution in [3.8, 4) is 0 Å². The molecule has 0 spiro atoms. The normalized spacial score (nSPS) is 13.6. The van der Waals surface area contributed by atoms with Gasteiger partial charge in [-0.1, -0.05) is 97.1 Å². The summed E-state index contributed by atoms with van der Waals surface area (Å²) in [5.74, 6) is 0. The molecule has 67 heavy (non-hydrogen) atoms. The second-order valence-electron chi connectivity index (χ2n) is 17.1.